The van der Waals surface area contributed by atoms with Crippen molar-refractivity contribution in [3.63, 3.8) is 0 Å². The van der Waals surface area contributed by atoms with Crippen LogP contribution in [0.1, 0.15) is 33.1 Å². The van der Waals surface area contributed by atoms with Crippen LogP contribution in [0, 0.1) is 11.8 Å². The summed E-state index contributed by atoms with van der Waals surface area (Å²) in [6.45, 7) is 4.42. The van der Waals surface area contributed by atoms with Crippen molar-refractivity contribution in [2.75, 3.05) is 5.75 Å². The van der Waals surface area contributed by atoms with Crippen molar-refractivity contribution >= 4 is 28.8 Å². The van der Waals surface area contributed by atoms with E-state index in [4.69, 9.17) is 0 Å². The molecule has 2 aromatic rings. The predicted molar refractivity (Wildman–Crippen MR) is 101 cm³/mol. The summed E-state index contributed by atoms with van der Waals surface area (Å²) >= 11 is 1.23. The van der Waals surface area contributed by atoms with Gasteiger partial charge in [0.2, 0.25) is 5.91 Å². The molecule has 2 aromatic heterocycles. The molecule has 1 fully saturated rings. The van der Waals surface area contributed by atoms with Gasteiger partial charge in [-0.3, -0.25) is 18.7 Å². The quantitative estimate of drug-likeness (QED) is 0.772. The molecule has 0 spiro atoms. The monoisotopic (exact) mass is 379 g/mol. The summed E-state index contributed by atoms with van der Waals surface area (Å²) in [6.07, 6.45) is 3.38. The average molecular weight is 379 g/mol. The van der Waals surface area contributed by atoms with E-state index in [-0.39, 0.29) is 23.2 Å². The van der Waals surface area contributed by atoms with Gasteiger partial charge in [0.15, 0.2) is 16.3 Å². The predicted octanol–water partition coefficient (Wildman–Crippen LogP) is 0.993. The van der Waals surface area contributed by atoms with Gasteiger partial charge < -0.3 is 10.3 Å². The molecule has 142 valence electrons. The molecule has 2 N–H and O–H groups in total. The molecular formula is C17H25N5O3S. The van der Waals surface area contributed by atoms with Gasteiger partial charge in [0.05, 0.1) is 5.75 Å². The Balaban J connectivity index is 1.69. The zero-order chi connectivity index (χ0) is 19.0. The molecular weight excluding hydrogens is 354 g/mol. The van der Waals surface area contributed by atoms with Crippen molar-refractivity contribution < 1.29 is 4.79 Å². The van der Waals surface area contributed by atoms with E-state index < -0.39 is 11.2 Å². The average Bonchev–Trinajstić information content (AvgIpc) is 3.05. The highest BCUT2D eigenvalue weighted by Crippen LogP contribution is 2.29. The third kappa shape index (κ3) is 3.44. The largest absolute Gasteiger partial charge is 0.352 e. The fraction of sp³-hybridized carbons (Fsp3) is 0.647. The molecule has 0 radical (unpaired) electrons. The molecule has 1 saturated carbocycles. The van der Waals surface area contributed by atoms with E-state index in [9.17, 15) is 14.4 Å². The van der Waals surface area contributed by atoms with Crippen LogP contribution in [0.5, 0.6) is 0 Å². The van der Waals surface area contributed by atoms with Crippen LogP contribution in [0.4, 0.5) is 0 Å². The summed E-state index contributed by atoms with van der Waals surface area (Å²) in [7, 11) is 3.00. The Kier molecular flexibility index (Phi) is 5.27. The number of nitrogens with zero attached hydrogens (tertiary/aromatic N) is 3. The first-order chi connectivity index (χ1) is 12.3. The summed E-state index contributed by atoms with van der Waals surface area (Å²) in [5.41, 5.74) is -0.274. The summed E-state index contributed by atoms with van der Waals surface area (Å²) in [4.78, 5) is 43.7. The molecule has 1 amide bonds. The molecule has 0 bridgehead atoms. The van der Waals surface area contributed by atoms with Gasteiger partial charge in [0.1, 0.15) is 0 Å². The molecule has 3 rings (SSSR count). The number of amides is 1. The Hall–Kier alpha value is -2.03. The molecule has 0 aromatic carbocycles. The molecule has 0 saturated heterocycles. The van der Waals surface area contributed by atoms with Crippen molar-refractivity contribution in [2.45, 2.75) is 44.3 Å². The van der Waals surface area contributed by atoms with Crippen LogP contribution in [0.3, 0.4) is 0 Å². The molecule has 2 heterocycles. The van der Waals surface area contributed by atoms with Crippen LogP contribution in [-0.2, 0) is 18.9 Å². The highest BCUT2D eigenvalue weighted by Gasteiger charge is 2.28. The number of nitrogens with one attached hydrogen (secondary N) is 2. The number of aryl methyl sites for hydroxylation is 1. The van der Waals surface area contributed by atoms with Gasteiger partial charge in [-0.25, -0.2) is 9.78 Å². The van der Waals surface area contributed by atoms with E-state index in [1.165, 1.54) is 29.8 Å². The fourth-order valence-electron chi connectivity index (χ4n) is 3.54. The maximum atomic E-state index is 12.3. The molecule has 26 heavy (non-hydrogen) atoms. The number of imidazole rings is 1. The first kappa shape index (κ1) is 18.8. The number of hydrogen-bond acceptors (Lipinski definition) is 5. The van der Waals surface area contributed by atoms with Crippen LogP contribution in [0.2, 0.25) is 0 Å². The Bertz CT molecular complexity index is 944. The highest BCUT2D eigenvalue weighted by molar-refractivity contribution is 7.99. The minimum absolute atomic E-state index is 0.0387. The number of carbonyl (C=O) groups excluding carboxylic acids is 1. The van der Waals surface area contributed by atoms with Crippen molar-refractivity contribution in [2.24, 2.45) is 25.9 Å². The van der Waals surface area contributed by atoms with Gasteiger partial charge >= 0.3 is 5.69 Å². The number of carbonyl (C=O) groups is 1. The lowest BCUT2D eigenvalue weighted by molar-refractivity contribution is -0.120. The second-order valence-corrected chi connectivity index (χ2v) is 8.14. The normalized spacial score (nSPS) is 23.3. The van der Waals surface area contributed by atoms with Gasteiger partial charge in [-0.05, 0) is 18.3 Å². The first-order valence-corrected chi connectivity index (χ1v) is 9.86. The van der Waals surface area contributed by atoms with Crippen LogP contribution in [0.15, 0.2) is 14.7 Å². The van der Waals surface area contributed by atoms with Gasteiger partial charge in [0, 0.05) is 20.1 Å². The smallest absolute Gasteiger partial charge is 0.332 e. The SMILES string of the molecule is C[C@H]1[C@H](C)CCC[C@@H]1NC(=O)CSc1nc2c([nH]1)c(=O)n(C)c(=O)n2C. The zero-order valence-corrected chi connectivity index (χ0v) is 16.4. The van der Waals surface area contributed by atoms with Crippen molar-refractivity contribution in [1.82, 2.24) is 24.4 Å². The molecule has 1 aliphatic rings. The second-order valence-electron chi connectivity index (χ2n) is 7.18. The fourth-order valence-corrected chi connectivity index (χ4v) is 4.22. The summed E-state index contributed by atoms with van der Waals surface area (Å²) < 4.78 is 2.36. The topological polar surface area (TPSA) is 102 Å². The lowest BCUT2D eigenvalue weighted by Crippen LogP contribution is -2.44. The lowest BCUT2D eigenvalue weighted by Gasteiger charge is -2.34. The van der Waals surface area contributed by atoms with Crippen LogP contribution in [-0.4, -0.2) is 36.8 Å². The van der Waals surface area contributed by atoms with E-state index in [2.05, 4.69) is 29.1 Å². The second kappa shape index (κ2) is 7.30. The number of fused-ring (bicyclic) bond motifs is 1. The Morgan fingerprint density at radius 3 is 2.73 bits per heavy atom. The van der Waals surface area contributed by atoms with Gasteiger partial charge in [0.25, 0.3) is 5.56 Å². The third-order valence-corrected chi connectivity index (χ3v) is 6.34. The maximum absolute atomic E-state index is 12.3. The Morgan fingerprint density at radius 2 is 2.00 bits per heavy atom. The molecule has 3 atom stereocenters. The zero-order valence-electron chi connectivity index (χ0n) is 15.5. The van der Waals surface area contributed by atoms with E-state index in [1.54, 1.807) is 7.05 Å². The molecule has 8 nitrogen and oxygen atoms in total. The molecule has 0 unspecified atom stereocenters. The molecule has 9 heteroatoms. The van der Waals surface area contributed by atoms with Crippen LogP contribution < -0.4 is 16.6 Å². The minimum atomic E-state index is -0.427. The number of aromatic nitrogens is 4. The van der Waals surface area contributed by atoms with Crippen LogP contribution in [0.25, 0.3) is 11.2 Å². The number of thioether (sulfide) groups is 1. The van der Waals surface area contributed by atoms with E-state index in [0.29, 0.717) is 22.6 Å². The number of rotatable bonds is 4. The van der Waals surface area contributed by atoms with E-state index in [0.717, 1.165) is 17.4 Å². The van der Waals surface area contributed by atoms with Gasteiger partial charge in [-0.15, -0.1) is 0 Å². The summed E-state index contributed by atoms with van der Waals surface area (Å²) in [5, 5.41) is 3.58. The van der Waals surface area contributed by atoms with Crippen LogP contribution >= 0.6 is 11.8 Å². The van der Waals surface area contributed by atoms with Crippen molar-refractivity contribution in [3.8, 4) is 0 Å². The van der Waals surface area contributed by atoms with E-state index >= 15 is 0 Å². The lowest BCUT2D eigenvalue weighted by atomic mass is 9.78. The number of aromatic amines is 1. The maximum Gasteiger partial charge on any atom is 0.332 e. The van der Waals surface area contributed by atoms with Crippen molar-refractivity contribution in [3.05, 3.63) is 20.8 Å². The summed E-state index contributed by atoms with van der Waals surface area (Å²) in [5.74, 6) is 1.27. The minimum Gasteiger partial charge on any atom is -0.352 e. The van der Waals surface area contributed by atoms with Gasteiger partial charge in [-0.1, -0.05) is 38.5 Å². The van der Waals surface area contributed by atoms with Crippen molar-refractivity contribution in [1.29, 1.82) is 0 Å². The van der Waals surface area contributed by atoms with E-state index in [1.807, 2.05) is 0 Å². The number of H-pyrrole nitrogens is 1. The Labute approximate surface area is 155 Å². The number of hydrogen-bond donors (Lipinski definition) is 2. The van der Waals surface area contributed by atoms with Gasteiger partial charge in [-0.2, -0.15) is 0 Å². The Morgan fingerprint density at radius 1 is 1.27 bits per heavy atom. The third-order valence-electron chi connectivity index (χ3n) is 5.47. The highest BCUT2D eigenvalue weighted by atomic mass is 32.2. The molecule has 1 aliphatic carbocycles. The first-order valence-electron chi connectivity index (χ1n) is 8.87. The molecule has 0 aliphatic heterocycles. The standard InChI is InChI=1S/C17H25N5O3S/c1-9-6-5-7-11(10(9)2)18-12(23)8-26-16-19-13-14(20-16)21(3)17(25)22(4)15(13)24/h9-11H,5-8H2,1-4H3,(H,18,23)(H,19,20)/t9-,10+,11+/m1/s1. The summed E-state index contributed by atoms with van der Waals surface area (Å²) in [6, 6.07) is 0.218.